The van der Waals surface area contributed by atoms with Gasteiger partial charge < -0.3 is 14.9 Å². The molecule has 0 amide bonds. The van der Waals surface area contributed by atoms with E-state index in [9.17, 15) is 26.6 Å². The number of para-hydroxylation sites is 1. The van der Waals surface area contributed by atoms with Gasteiger partial charge in [-0.25, -0.2) is 18.3 Å². The average Bonchev–Trinajstić information content (AvgIpc) is 3.08. The number of carbonyl (C=O) groups is 1. The van der Waals surface area contributed by atoms with E-state index in [2.05, 4.69) is 20.4 Å². The van der Waals surface area contributed by atoms with E-state index in [0.717, 1.165) is 22.7 Å². The van der Waals surface area contributed by atoms with Gasteiger partial charge in [0.2, 0.25) is 0 Å². The molecule has 13 nitrogen and oxygen atoms in total. The number of nitrogens with one attached hydrogen (secondary N) is 2. The third-order valence-electron chi connectivity index (χ3n) is 3.36. The standard InChI is InChI=1S/C12H9F2N5O2S.C3H8NO5P.K.H/c1-7-5-6-19-11(15-7)16-12(17-19)22(20,21)18-10-8(13)3-2-4-9(10)14;5-3(6)1-4-2-10(7,8)9;;/h2-6,18H,1H3;4H,1-2H2,(H,5,6)(H2,7,8,9);;. The summed E-state index contributed by atoms with van der Waals surface area (Å²) < 4.78 is 64.4. The molecule has 3 rings (SSSR count). The van der Waals surface area contributed by atoms with Gasteiger partial charge >= 0.3 is 64.9 Å². The summed E-state index contributed by atoms with van der Waals surface area (Å²) in [4.78, 5) is 33.9. The number of sulfonamides is 1. The molecule has 176 valence electrons. The number of hydrogen-bond acceptors (Lipinski definition) is 8. The molecule has 0 bridgehead atoms. The SMILES string of the molecule is Cc1ccn2nc(S(=O)(=O)Nc3c(F)cccc3F)nc2n1.O=C(O)CNCP(=O)(O)O.[KH]. The van der Waals surface area contributed by atoms with Crippen LogP contribution in [-0.4, -0.2) is 113 Å². The fraction of sp³-hybridized carbons (Fsp3) is 0.200. The van der Waals surface area contributed by atoms with Gasteiger partial charge in [0, 0.05) is 11.9 Å². The molecule has 0 saturated heterocycles. The molecule has 0 unspecified atom stereocenters. The molecule has 2 aromatic heterocycles. The molecule has 1 aromatic carbocycles. The first-order chi connectivity index (χ1) is 14.8. The Morgan fingerprint density at radius 3 is 2.33 bits per heavy atom. The second-order valence-corrected chi connectivity index (χ2v) is 9.28. The molecule has 0 atom stereocenters. The van der Waals surface area contributed by atoms with Gasteiger partial charge in [0.05, 0.1) is 12.8 Å². The maximum atomic E-state index is 13.5. The molecule has 0 spiro atoms. The quantitative estimate of drug-likeness (QED) is 0.196. The summed E-state index contributed by atoms with van der Waals surface area (Å²) in [6.45, 7) is 1.26. The predicted molar refractivity (Wildman–Crippen MR) is 112 cm³/mol. The number of rotatable bonds is 7. The van der Waals surface area contributed by atoms with E-state index < -0.39 is 58.9 Å². The first-order valence-corrected chi connectivity index (χ1v) is 11.7. The minimum absolute atomic E-state index is 0. The first kappa shape index (κ1) is 29.6. The number of aromatic nitrogens is 4. The molecule has 2 heterocycles. The molecule has 0 aliphatic carbocycles. The van der Waals surface area contributed by atoms with Crippen molar-refractivity contribution in [1.82, 2.24) is 24.9 Å². The summed E-state index contributed by atoms with van der Waals surface area (Å²) in [6.07, 6.45) is 0.882. The van der Waals surface area contributed by atoms with Crippen molar-refractivity contribution in [2.24, 2.45) is 0 Å². The summed E-state index contributed by atoms with van der Waals surface area (Å²) in [5.74, 6) is -3.16. The Morgan fingerprint density at radius 2 is 1.79 bits per heavy atom. The van der Waals surface area contributed by atoms with Crippen molar-refractivity contribution in [1.29, 1.82) is 0 Å². The van der Waals surface area contributed by atoms with Crippen molar-refractivity contribution in [2.75, 3.05) is 17.6 Å². The summed E-state index contributed by atoms with van der Waals surface area (Å²) >= 11 is 0. The van der Waals surface area contributed by atoms with E-state index in [0.29, 0.717) is 5.69 Å². The average molecular weight is 534 g/mol. The van der Waals surface area contributed by atoms with Crippen LogP contribution in [0.5, 0.6) is 0 Å². The van der Waals surface area contributed by atoms with Crippen LogP contribution in [0.3, 0.4) is 0 Å². The van der Waals surface area contributed by atoms with Gasteiger partial charge in [-0.05, 0) is 25.1 Å². The molecule has 0 aliphatic rings. The third-order valence-corrected chi connectivity index (χ3v) is 5.12. The maximum absolute atomic E-state index is 13.5. The summed E-state index contributed by atoms with van der Waals surface area (Å²) in [5.41, 5.74) is -0.164. The van der Waals surface area contributed by atoms with Crippen LogP contribution in [-0.2, 0) is 19.4 Å². The van der Waals surface area contributed by atoms with Crippen molar-refractivity contribution < 1.29 is 41.5 Å². The van der Waals surface area contributed by atoms with Crippen LogP contribution in [0.25, 0.3) is 5.78 Å². The van der Waals surface area contributed by atoms with Crippen LogP contribution in [0.2, 0.25) is 0 Å². The van der Waals surface area contributed by atoms with Crippen LogP contribution in [0.1, 0.15) is 5.69 Å². The zero-order valence-corrected chi connectivity index (χ0v) is 17.9. The van der Waals surface area contributed by atoms with Crippen LogP contribution in [0.4, 0.5) is 14.5 Å². The van der Waals surface area contributed by atoms with E-state index in [1.54, 1.807) is 17.7 Å². The molecular weight excluding hydrogens is 516 g/mol. The van der Waals surface area contributed by atoms with E-state index in [1.807, 2.05) is 0 Å². The number of aryl methyl sites for hydroxylation is 1. The van der Waals surface area contributed by atoms with Crippen LogP contribution >= 0.6 is 7.60 Å². The predicted octanol–water partition coefficient (Wildman–Crippen LogP) is -0.341. The molecule has 0 fully saturated rings. The van der Waals surface area contributed by atoms with Crippen molar-refractivity contribution >= 4 is 86.4 Å². The third kappa shape index (κ3) is 9.40. The number of anilines is 1. The van der Waals surface area contributed by atoms with Gasteiger partial charge in [-0.1, -0.05) is 6.07 Å². The van der Waals surface area contributed by atoms with Gasteiger partial charge in [-0.3, -0.25) is 19.4 Å². The van der Waals surface area contributed by atoms with Crippen molar-refractivity contribution in [3.8, 4) is 0 Å². The van der Waals surface area contributed by atoms with Crippen LogP contribution in [0, 0.1) is 18.6 Å². The number of aliphatic carboxylic acids is 1. The van der Waals surface area contributed by atoms with Crippen LogP contribution in [0.15, 0.2) is 35.6 Å². The molecular formula is C15H18F2KN6O7PS. The van der Waals surface area contributed by atoms with Gasteiger partial charge in [0.1, 0.15) is 17.3 Å². The summed E-state index contributed by atoms with van der Waals surface area (Å²) in [6, 6.07) is 4.60. The molecule has 3 aromatic rings. The zero-order chi connectivity index (χ0) is 24.1. The molecule has 33 heavy (non-hydrogen) atoms. The Kier molecular flexibility index (Phi) is 11.1. The molecule has 5 N–H and O–H groups in total. The number of fused-ring (bicyclic) bond motifs is 1. The number of hydrogen-bond donors (Lipinski definition) is 5. The monoisotopic (exact) mass is 534 g/mol. The Hall–Kier alpha value is -1.40. The number of halogens is 2. The second-order valence-electron chi connectivity index (χ2n) is 6.05. The Morgan fingerprint density at radius 1 is 1.18 bits per heavy atom. The fourth-order valence-corrected chi connectivity index (χ4v) is 3.40. The van der Waals surface area contributed by atoms with Gasteiger partial charge in [-0.2, -0.15) is 13.4 Å². The minimum atomic E-state index is -4.35. The molecule has 0 aliphatic heterocycles. The Balaban J connectivity index is 0.000000425. The van der Waals surface area contributed by atoms with E-state index in [1.165, 1.54) is 6.20 Å². The van der Waals surface area contributed by atoms with Gasteiger partial charge in [-0.15, -0.1) is 5.10 Å². The molecule has 0 radical (unpaired) electrons. The fourth-order valence-electron chi connectivity index (χ4n) is 2.04. The Bertz CT molecular complexity index is 1270. The van der Waals surface area contributed by atoms with E-state index in [-0.39, 0.29) is 57.2 Å². The Labute approximate surface area is 228 Å². The van der Waals surface area contributed by atoms with Crippen molar-refractivity contribution in [3.63, 3.8) is 0 Å². The number of benzene rings is 1. The number of carboxylic acid groups (broad SMARTS) is 1. The number of nitrogens with zero attached hydrogens (tertiary/aromatic N) is 4. The number of carboxylic acids is 1. The van der Waals surface area contributed by atoms with Crippen molar-refractivity contribution in [2.45, 2.75) is 12.1 Å². The molecule has 18 heteroatoms. The van der Waals surface area contributed by atoms with Crippen molar-refractivity contribution in [3.05, 3.63) is 47.8 Å². The summed E-state index contributed by atoms with van der Waals surface area (Å²) in [5, 5.41) is 13.2. The topological polar surface area (TPSA) is 196 Å². The van der Waals surface area contributed by atoms with Crippen LogP contribution < -0.4 is 10.0 Å². The zero-order valence-electron chi connectivity index (χ0n) is 16.2. The second kappa shape index (κ2) is 12.3. The summed E-state index contributed by atoms with van der Waals surface area (Å²) in [7, 11) is -8.44. The first-order valence-electron chi connectivity index (χ1n) is 8.42. The van der Waals surface area contributed by atoms with E-state index in [4.69, 9.17) is 14.9 Å². The normalized spacial score (nSPS) is 11.3. The van der Waals surface area contributed by atoms with E-state index >= 15 is 0 Å². The van der Waals surface area contributed by atoms with Gasteiger partial charge in [0.15, 0.2) is 0 Å². The van der Waals surface area contributed by atoms with Gasteiger partial charge in [0.25, 0.3) is 21.0 Å². The molecule has 0 saturated carbocycles.